The number of hydrogen-bond donors (Lipinski definition) is 1. The fourth-order valence-electron chi connectivity index (χ4n) is 5.16. The average Bonchev–Trinajstić information content (AvgIpc) is 2.27. The number of nitrogen functional groups attached to an aromatic ring is 1. The van der Waals surface area contributed by atoms with Crippen LogP contribution >= 0.6 is 0 Å². The third-order valence-corrected chi connectivity index (χ3v) is 5.27. The van der Waals surface area contributed by atoms with Gasteiger partial charge in [0.1, 0.15) is 5.82 Å². The van der Waals surface area contributed by atoms with Gasteiger partial charge in [-0.05, 0) is 56.3 Å². The summed E-state index contributed by atoms with van der Waals surface area (Å²) in [5.74, 6) is 3.47. The first-order valence-corrected chi connectivity index (χ1v) is 6.82. The second-order valence-electron chi connectivity index (χ2n) is 6.49. The summed E-state index contributed by atoms with van der Waals surface area (Å²) in [5.41, 5.74) is 7.46. The van der Waals surface area contributed by atoms with E-state index in [4.69, 9.17) is 5.73 Å². The van der Waals surface area contributed by atoms with Gasteiger partial charge in [0, 0.05) is 17.8 Å². The van der Waals surface area contributed by atoms with Gasteiger partial charge in [-0.1, -0.05) is 0 Å². The molecule has 0 unspecified atom stereocenters. The standard InChI is InChI=1S/C14H19N3/c15-13-12(16-1-2-17-13)14-6-9-3-10(7-14)5-11(4-9)8-14/h1-2,9-11H,3-8H2,(H2,15,17). The van der Waals surface area contributed by atoms with Crippen LogP contribution in [0.4, 0.5) is 5.82 Å². The van der Waals surface area contributed by atoms with Crippen LogP contribution in [0.15, 0.2) is 12.4 Å². The highest BCUT2D eigenvalue weighted by Crippen LogP contribution is 2.60. The molecule has 4 aliphatic rings. The van der Waals surface area contributed by atoms with Gasteiger partial charge in [-0.3, -0.25) is 4.98 Å². The van der Waals surface area contributed by atoms with E-state index in [9.17, 15) is 0 Å². The Morgan fingerprint density at radius 1 is 0.941 bits per heavy atom. The molecule has 0 amide bonds. The van der Waals surface area contributed by atoms with Crippen LogP contribution < -0.4 is 5.73 Å². The molecule has 3 heteroatoms. The number of anilines is 1. The SMILES string of the molecule is Nc1nccnc1C12CC3CC(CC(C3)C1)C2. The highest BCUT2D eigenvalue weighted by Gasteiger charge is 2.53. The van der Waals surface area contributed by atoms with E-state index in [1.165, 1.54) is 38.5 Å². The van der Waals surface area contributed by atoms with Crippen molar-refractivity contribution in [2.45, 2.75) is 43.9 Å². The zero-order chi connectivity index (χ0) is 11.5. The van der Waals surface area contributed by atoms with E-state index in [1.807, 2.05) is 6.20 Å². The summed E-state index contributed by atoms with van der Waals surface area (Å²) < 4.78 is 0. The lowest BCUT2D eigenvalue weighted by Crippen LogP contribution is -2.49. The summed E-state index contributed by atoms with van der Waals surface area (Å²) in [5, 5.41) is 0. The molecule has 0 saturated heterocycles. The van der Waals surface area contributed by atoms with Gasteiger partial charge >= 0.3 is 0 Å². The molecule has 90 valence electrons. The predicted molar refractivity (Wildman–Crippen MR) is 66.3 cm³/mol. The maximum Gasteiger partial charge on any atom is 0.145 e. The van der Waals surface area contributed by atoms with Gasteiger partial charge in [-0.15, -0.1) is 0 Å². The van der Waals surface area contributed by atoms with Crippen molar-refractivity contribution >= 4 is 5.82 Å². The summed E-state index contributed by atoms with van der Waals surface area (Å²) in [6.07, 6.45) is 11.8. The van der Waals surface area contributed by atoms with E-state index < -0.39 is 0 Å². The van der Waals surface area contributed by atoms with Crippen LogP contribution in [0.2, 0.25) is 0 Å². The fourth-order valence-corrected chi connectivity index (χ4v) is 5.16. The van der Waals surface area contributed by atoms with Crippen molar-refractivity contribution < 1.29 is 0 Å². The molecular weight excluding hydrogens is 210 g/mol. The van der Waals surface area contributed by atoms with Gasteiger partial charge in [0.2, 0.25) is 0 Å². The lowest BCUT2D eigenvalue weighted by Gasteiger charge is -2.56. The van der Waals surface area contributed by atoms with Crippen LogP contribution in [0.1, 0.15) is 44.2 Å². The fraction of sp³-hybridized carbons (Fsp3) is 0.714. The lowest BCUT2D eigenvalue weighted by molar-refractivity contribution is -0.00695. The highest BCUT2D eigenvalue weighted by molar-refractivity contribution is 5.40. The van der Waals surface area contributed by atoms with Crippen LogP contribution in [-0.4, -0.2) is 9.97 Å². The molecule has 1 aromatic heterocycles. The van der Waals surface area contributed by atoms with E-state index in [2.05, 4.69) is 9.97 Å². The third-order valence-electron chi connectivity index (χ3n) is 5.27. The van der Waals surface area contributed by atoms with Crippen LogP contribution in [0, 0.1) is 17.8 Å². The third kappa shape index (κ3) is 1.34. The molecule has 1 aromatic rings. The second-order valence-corrected chi connectivity index (χ2v) is 6.49. The molecular formula is C14H19N3. The smallest absolute Gasteiger partial charge is 0.145 e. The number of nitrogens with two attached hydrogens (primary N) is 1. The first kappa shape index (κ1) is 9.86. The Balaban J connectivity index is 1.80. The summed E-state index contributed by atoms with van der Waals surface area (Å²) in [6.45, 7) is 0. The second kappa shape index (κ2) is 3.21. The van der Waals surface area contributed by atoms with E-state index in [1.54, 1.807) is 6.20 Å². The van der Waals surface area contributed by atoms with Gasteiger partial charge < -0.3 is 5.73 Å². The zero-order valence-corrected chi connectivity index (χ0v) is 10.1. The molecule has 0 spiro atoms. The Bertz CT molecular complexity index is 419. The van der Waals surface area contributed by atoms with Crippen molar-refractivity contribution in [2.24, 2.45) is 17.8 Å². The Hall–Kier alpha value is -1.12. The number of aromatic nitrogens is 2. The van der Waals surface area contributed by atoms with Gasteiger partial charge in [-0.25, -0.2) is 4.98 Å². The van der Waals surface area contributed by atoms with Crippen LogP contribution in [0.5, 0.6) is 0 Å². The van der Waals surface area contributed by atoms with Crippen molar-refractivity contribution in [2.75, 3.05) is 5.73 Å². The summed E-state index contributed by atoms with van der Waals surface area (Å²) in [4.78, 5) is 8.83. The van der Waals surface area contributed by atoms with Crippen molar-refractivity contribution in [3.8, 4) is 0 Å². The molecule has 0 aromatic carbocycles. The molecule has 1 heterocycles. The number of nitrogens with zero attached hydrogens (tertiary/aromatic N) is 2. The van der Waals surface area contributed by atoms with Crippen LogP contribution in [0.3, 0.4) is 0 Å². The molecule has 4 fully saturated rings. The molecule has 0 atom stereocenters. The van der Waals surface area contributed by atoms with Gasteiger partial charge in [-0.2, -0.15) is 0 Å². The van der Waals surface area contributed by atoms with E-state index in [-0.39, 0.29) is 5.41 Å². The summed E-state index contributed by atoms with van der Waals surface area (Å²) in [7, 11) is 0. The minimum absolute atomic E-state index is 0.285. The molecule has 3 nitrogen and oxygen atoms in total. The molecule has 17 heavy (non-hydrogen) atoms. The van der Waals surface area contributed by atoms with Gasteiger partial charge in [0.15, 0.2) is 0 Å². The Labute approximate surface area is 102 Å². The van der Waals surface area contributed by atoms with Crippen molar-refractivity contribution in [1.29, 1.82) is 0 Å². The molecule has 0 aliphatic heterocycles. The van der Waals surface area contributed by atoms with Gasteiger partial charge in [0.05, 0.1) is 5.69 Å². The Kier molecular flexibility index (Phi) is 1.86. The molecule has 5 rings (SSSR count). The Morgan fingerprint density at radius 2 is 1.47 bits per heavy atom. The Morgan fingerprint density at radius 3 is 2.00 bits per heavy atom. The highest BCUT2D eigenvalue weighted by atomic mass is 14.9. The molecule has 4 aliphatic carbocycles. The molecule has 0 radical (unpaired) electrons. The van der Waals surface area contributed by atoms with Gasteiger partial charge in [0.25, 0.3) is 0 Å². The maximum absolute atomic E-state index is 6.07. The maximum atomic E-state index is 6.07. The zero-order valence-electron chi connectivity index (χ0n) is 10.1. The molecule has 4 saturated carbocycles. The lowest BCUT2D eigenvalue weighted by atomic mass is 9.49. The van der Waals surface area contributed by atoms with Crippen molar-refractivity contribution in [1.82, 2.24) is 9.97 Å². The largest absolute Gasteiger partial charge is 0.382 e. The first-order valence-electron chi connectivity index (χ1n) is 6.82. The minimum atomic E-state index is 0.285. The summed E-state index contributed by atoms with van der Waals surface area (Å²) >= 11 is 0. The normalized spacial score (nSPS) is 42.9. The van der Waals surface area contributed by atoms with Crippen LogP contribution in [0.25, 0.3) is 0 Å². The molecule has 4 bridgehead atoms. The minimum Gasteiger partial charge on any atom is -0.382 e. The quantitative estimate of drug-likeness (QED) is 0.805. The van der Waals surface area contributed by atoms with Crippen molar-refractivity contribution in [3.05, 3.63) is 18.1 Å². The predicted octanol–water partition coefficient (Wildman–Crippen LogP) is 2.53. The van der Waals surface area contributed by atoms with Crippen molar-refractivity contribution in [3.63, 3.8) is 0 Å². The summed E-state index contributed by atoms with van der Waals surface area (Å²) in [6, 6.07) is 0. The number of hydrogen-bond acceptors (Lipinski definition) is 3. The monoisotopic (exact) mass is 229 g/mol. The average molecular weight is 229 g/mol. The molecule has 2 N–H and O–H groups in total. The number of rotatable bonds is 1. The van der Waals surface area contributed by atoms with E-state index >= 15 is 0 Å². The first-order chi connectivity index (χ1) is 8.25. The van der Waals surface area contributed by atoms with E-state index in [0.29, 0.717) is 5.82 Å². The van der Waals surface area contributed by atoms with E-state index in [0.717, 1.165) is 23.4 Å². The van der Waals surface area contributed by atoms with Crippen LogP contribution in [-0.2, 0) is 5.41 Å². The topological polar surface area (TPSA) is 51.8 Å².